The monoisotopic (exact) mass is 309 g/mol. The van der Waals surface area contributed by atoms with Crippen molar-refractivity contribution in [3.8, 4) is 5.75 Å². The number of rotatable bonds is 7. The Hall–Kier alpha value is -0.430. The van der Waals surface area contributed by atoms with Gasteiger partial charge in [-0.25, -0.2) is 13.1 Å². The summed E-state index contributed by atoms with van der Waals surface area (Å²) in [5, 5.41) is 0.361. The molecule has 7 heteroatoms. The first-order chi connectivity index (χ1) is 8.51. The maximum atomic E-state index is 12.1. The molecule has 0 radical (unpaired) electrons. The molecule has 1 aromatic rings. The van der Waals surface area contributed by atoms with Crippen LogP contribution < -0.4 is 9.46 Å². The maximum Gasteiger partial charge on any atom is 0.244 e. The highest BCUT2D eigenvalue weighted by atomic mass is 35.5. The lowest BCUT2D eigenvalue weighted by molar-refractivity contribution is 0.402. The minimum Gasteiger partial charge on any atom is -0.495 e. The topological polar surface area (TPSA) is 55.4 Å². The van der Waals surface area contributed by atoms with Crippen molar-refractivity contribution in [2.45, 2.75) is 11.3 Å². The SMILES string of the molecule is COc1ccc(Cl)cc1S(=O)(=O)NCCCSC. The van der Waals surface area contributed by atoms with E-state index in [0.29, 0.717) is 11.6 Å². The van der Waals surface area contributed by atoms with Gasteiger partial charge in [0.25, 0.3) is 0 Å². The predicted molar refractivity (Wildman–Crippen MR) is 76.2 cm³/mol. The number of thioether (sulfide) groups is 1. The molecule has 0 aromatic heterocycles. The summed E-state index contributed by atoms with van der Waals surface area (Å²) < 4.78 is 31.7. The average Bonchev–Trinajstić information content (AvgIpc) is 2.35. The van der Waals surface area contributed by atoms with Crippen molar-refractivity contribution >= 4 is 33.4 Å². The molecule has 0 saturated carbocycles. The minimum atomic E-state index is -3.57. The number of methoxy groups -OCH3 is 1. The van der Waals surface area contributed by atoms with E-state index < -0.39 is 10.0 Å². The summed E-state index contributed by atoms with van der Waals surface area (Å²) in [6, 6.07) is 4.52. The third-order valence-corrected chi connectivity index (χ3v) is 4.65. The van der Waals surface area contributed by atoms with Crippen LogP contribution in [0.5, 0.6) is 5.75 Å². The van der Waals surface area contributed by atoms with Crippen molar-refractivity contribution in [1.29, 1.82) is 0 Å². The molecule has 0 unspecified atom stereocenters. The van der Waals surface area contributed by atoms with Crippen molar-refractivity contribution in [3.05, 3.63) is 23.2 Å². The Morgan fingerprint density at radius 3 is 2.78 bits per heavy atom. The Kier molecular flexibility index (Phi) is 6.28. The van der Waals surface area contributed by atoms with E-state index in [4.69, 9.17) is 16.3 Å². The fraction of sp³-hybridized carbons (Fsp3) is 0.455. The summed E-state index contributed by atoms with van der Waals surface area (Å²) in [6.45, 7) is 0.402. The molecular formula is C11H16ClNO3S2. The quantitative estimate of drug-likeness (QED) is 0.786. The van der Waals surface area contributed by atoms with Crippen molar-refractivity contribution < 1.29 is 13.2 Å². The van der Waals surface area contributed by atoms with E-state index in [1.807, 2.05) is 6.26 Å². The molecule has 0 amide bonds. The molecule has 1 N–H and O–H groups in total. The summed E-state index contributed by atoms with van der Waals surface area (Å²) in [5.74, 6) is 1.20. The minimum absolute atomic E-state index is 0.0710. The van der Waals surface area contributed by atoms with Gasteiger partial charge in [0.15, 0.2) is 0 Å². The van der Waals surface area contributed by atoms with Crippen molar-refractivity contribution in [2.24, 2.45) is 0 Å². The maximum absolute atomic E-state index is 12.1. The molecule has 0 spiro atoms. The molecule has 18 heavy (non-hydrogen) atoms. The number of ether oxygens (including phenoxy) is 1. The highest BCUT2D eigenvalue weighted by Crippen LogP contribution is 2.26. The molecule has 0 fully saturated rings. The first-order valence-electron chi connectivity index (χ1n) is 5.33. The Balaban J connectivity index is 2.87. The molecule has 0 saturated heterocycles. The highest BCUT2D eigenvalue weighted by molar-refractivity contribution is 7.98. The van der Waals surface area contributed by atoms with Crippen LogP contribution in [0.25, 0.3) is 0 Å². The van der Waals surface area contributed by atoms with Crippen molar-refractivity contribution in [2.75, 3.05) is 25.7 Å². The molecule has 4 nitrogen and oxygen atoms in total. The molecule has 1 aromatic carbocycles. The zero-order valence-corrected chi connectivity index (χ0v) is 12.7. The number of benzene rings is 1. The number of halogens is 1. The van der Waals surface area contributed by atoms with E-state index in [1.165, 1.54) is 13.2 Å². The second-order valence-electron chi connectivity index (χ2n) is 3.54. The fourth-order valence-electron chi connectivity index (χ4n) is 1.36. The summed E-state index contributed by atoms with van der Waals surface area (Å²) in [7, 11) is -2.15. The van der Waals surface area contributed by atoms with Gasteiger partial charge in [0, 0.05) is 11.6 Å². The van der Waals surface area contributed by atoms with E-state index in [1.54, 1.807) is 23.9 Å². The number of hydrogen-bond donors (Lipinski definition) is 1. The molecule has 0 atom stereocenters. The number of nitrogens with one attached hydrogen (secondary N) is 1. The van der Waals surface area contributed by atoms with Gasteiger partial charge in [0.05, 0.1) is 7.11 Å². The summed E-state index contributed by atoms with van der Waals surface area (Å²) >= 11 is 7.49. The zero-order valence-electron chi connectivity index (χ0n) is 10.3. The van der Waals surface area contributed by atoms with Crippen LogP contribution in [0.3, 0.4) is 0 Å². The molecule has 0 aliphatic carbocycles. The molecular weight excluding hydrogens is 294 g/mol. The molecule has 0 heterocycles. The molecule has 0 aliphatic heterocycles. The van der Waals surface area contributed by atoms with Gasteiger partial charge in [-0.3, -0.25) is 0 Å². The van der Waals surface area contributed by atoms with E-state index in [2.05, 4.69) is 4.72 Å². The molecule has 0 aliphatic rings. The van der Waals surface area contributed by atoms with Crippen LogP contribution >= 0.6 is 23.4 Å². The highest BCUT2D eigenvalue weighted by Gasteiger charge is 2.19. The van der Waals surface area contributed by atoms with Gasteiger partial charge in [0.2, 0.25) is 10.0 Å². The largest absolute Gasteiger partial charge is 0.495 e. The molecule has 1 rings (SSSR count). The van der Waals surface area contributed by atoms with Gasteiger partial charge < -0.3 is 4.74 Å². The Labute approximate surface area is 117 Å². The van der Waals surface area contributed by atoms with Crippen LogP contribution in [0, 0.1) is 0 Å². The van der Waals surface area contributed by atoms with Gasteiger partial charge in [-0.1, -0.05) is 11.6 Å². The van der Waals surface area contributed by atoms with Crippen LogP contribution in [0.2, 0.25) is 5.02 Å². The lowest BCUT2D eigenvalue weighted by Gasteiger charge is -2.10. The number of hydrogen-bond acceptors (Lipinski definition) is 4. The van der Waals surface area contributed by atoms with Gasteiger partial charge in [-0.2, -0.15) is 11.8 Å². The second kappa shape index (κ2) is 7.23. The fourth-order valence-corrected chi connectivity index (χ4v) is 3.30. The Bertz CT molecular complexity index is 491. The summed E-state index contributed by atoms with van der Waals surface area (Å²) in [5.41, 5.74) is 0. The molecule has 0 bridgehead atoms. The first kappa shape index (κ1) is 15.6. The van der Waals surface area contributed by atoms with Crippen molar-refractivity contribution in [3.63, 3.8) is 0 Å². The van der Waals surface area contributed by atoms with Gasteiger partial charge in [-0.15, -0.1) is 0 Å². The predicted octanol–water partition coefficient (Wildman–Crippen LogP) is 2.38. The van der Waals surface area contributed by atoms with Crippen LogP contribution in [0.15, 0.2) is 23.1 Å². The summed E-state index contributed by atoms with van der Waals surface area (Å²) in [6.07, 6.45) is 2.76. The number of sulfonamides is 1. The van der Waals surface area contributed by atoms with E-state index >= 15 is 0 Å². The Morgan fingerprint density at radius 2 is 2.17 bits per heavy atom. The van der Waals surface area contributed by atoms with Gasteiger partial charge in [0.1, 0.15) is 10.6 Å². The third kappa shape index (κ3) is 4.35. The molecule has 102 valence electrons. The van der Waals surface area contributed by atoms with E-state index in [0.717, 1.165) is 12.2 Å². The van der Waals surface area contributed by atoms with E-state index in [9.17, 15) is 8.42 Å². The first-order valence-corrected chi connectivity index (χ1v) is 8.59. The Morgan fingerprint density at radius 1 is 1.44 bits per heavy atom. The zero-order chi connectivity index (χ0) is 13.6. The van der Waals surface area contributed by atoms with Gasteiger partial charge in [-0.05, 0) is 36.6 Å². The summed E-state index contributed by atoms with van der Waals surface area (Å²) in [4.78, 5) is 0.0710. The van der Waals surface area contributed by atoms with Crippen LogP contribution in [0.4, 0.5) is 0 Å². The van der Waals surface area contributed by atoms with Crippen LogP contribution in [-0.4, -0.2) is 34.1 Å². The van der Waals surface area contributed by atoms with E-state index in [-0.39, 0.29) is 10.6 Å². The lowest BCUT2D eigenvalue weighted by atomic mass is 10.3. The van der Waals surface area contributed by atoms with Gasteiger partial charge >= 0.3 is 0 Å². The normalized spacial score (nSPS) is 11.5. The third-order valence-electron chi connectivity index (χ3n) is 2.23. The van der Waals surface area contributed by atoms with Crippen molar-refractivity contribution in [1.82, 2.24) is 4.72 Å². The second-order valence-corrected chi connectivity index (χ2v) is 6.70. The standard InChI is InChI=1S/C11H16ClNO3S2/c1-16-10-5-4-9(12)8-11(10)18(14,15)13-6-3-7-17-2/h4-5,8,13H,3,6-7H2,1-2H3. The van der Waals surface area contributed by atoms with Crippen LogP contribution in [-0.2, 0) is 10.0 Å². The smallest absolute Gasteiger partial charge is 0.244 e. The lowest BCUT2D eigenvalue weighted by Crippen LogP contribution is -2.25. The van der Waals surface area contributed by atoms with Crippen LogP contribution in [0.1, 0.15) is 6.42 Å². The average molecular weight is 310 g/mol.